The summed E-state index contributed by atoms with van der Waals surface area (Å²) in [5.74, 6) is 0. The molecule has 1 aromatic heterocycles. The van der Waals surface area contributed by atoms with Gasteiger partial charge in [0, 0.05) is 19.2 Å². The van der Waals surface area contributed by atoms with Crippen LogP contribution in [0.15, 0.2) is 22.9 Å². The molecule has 2 heterocycles. The predicted octanol–water partition coefficient (Wildman–Crippen LogP) is 1.15. The van der Waals surface area contributed by atoms with Crippen molar-refractivity contribution in [3.8, 4) is 0 Å². The van der Waals surface area contributed by atoms with Crippen LogP contribution >= 0.6 is 0 Å². The molecule has 0 aliphatic carbocycles. The molecule has 2 rings (SSSR count). The number of rotatable bonds is 6. The van der Waals surface area contributed by atoms with Gasteiger partial charge < -0.3 is 9.47 Å². The Balaban J connectivity index is 2.10. The average Bonchev–Trinajstić information content (AvgIpc) is 2.80. The highest BCUT2D eigenvalue weighted by Gasteiger charge is 2.32. The van der Waals surface area contributed by atoms with Gasteiger partial charge in [-0.3, -0.25) is 4.68 Å². The van der Waals surface area contributed by atoms with E-state index in [9.17, 15) is 8.42 Å². The molecule has 0 unspecified atom stereocenters. The molecular formula is C15H25N3O4S. The molecule has 8 heteroatoms. The van der Waals surface area contributed by atoms with Gasteiger partial charge in [0.15, 0.2) is 5.03 Å². The third-order valence-corrected chi connectivity index (χ3v) is 5.42. The van der Waals surface area contributed by atoms with E-state index in [1.807, 2.05) is 19.9 Å². The lowest BCUT2D eigenvalue weighted by Gasteiger charge is -2.31. The molecule has 2 atom stereocenters. The van der Waals surface area contributed by atoms with E-state index in [1.165, 1.54) is 16.5 Å². The van der Waals surface area contributed by atoms with Crippen LogP contribution in [0.1, 0.15) is 25.8 Å². The molecule has 1 aliphatic rings. The van der Waals surface area contributed by atoms with E-state index in [0.29, 0.717) is 31.8 Å². The third-order valence-electron chi connectivity index (χ3n) is 3.71. The average molecular weight is 343 g/mol. The number of aromatic nitrogens is 2. The maximum absolute atomic E-state index is 12.6. The van der Waals surface area contributed by atoms with Gasteiger partial charge in [0.2, 0.25) is 0 Å². The minimum absolute atomic E-state index is 0.172. The Morgan fingerprint density at radius 1 is 1.57 bits per heavy atom. The second-order valence-corrected chi connectivity index (χ2v) is 7.63. The number of aryl methyl sites for hydroxylation is 2. The van der Waals surface area contributed by atoms with Crippen molar-refractivity contribution in [3.05, 3.63) is 23.4 Å². The molecular weight excluding hydrogens is 318 g/mol. The van der Waals surface area contributed by atoms with Crippen LogP contribution in [-0.2, 0) is 26.5 Å². The van der Waals surface area contributed by atoms with Gasteiger partial charge in [0.1, 0.15) is 0 Å². The smallest absolute Gasteiger partial charge is 0.258 e. The summed E-state index contributed by atoms with van der Waals surface area (Å²) in [4.78, 5) is 0. The fourth-order valence-electron chi connectivity index (χ4n) is 2.54. The normalized spacial score (nSPS) is 22.1. The maximum Gasteiger partial charge on any atom is 0.258 e. The molecule has 1 aliphatic heterocycles. The van der Waals surface area contributed by atoms with Gasteiger partial charge >= 0.3 is 0 Å². The van der Waals surface area contributed by atoms with Crippen molar-refractivity contribution in [2.24, 2.45) is 7.05 Å². The topological polar surface area (TPSA) is 82.4 Å². The van der Waals surface area contributed by atoms with Crippen molar-refractivity contribution < 1.29 is 17.9 Å². The van der Waals surface area contributed by atoms with Crippen molar-refractivity contribution in [2.75, 3.05) is 19.8 Å². The second-order valence-electron chi connectivity index (χ2n) is 6.00. The monoisotopic (exact) mass is 343 g/mol. The van der Waals surface area contributed by atoms with Crippen molar-refractivity contribution in [3.63, 3.8) is 0 Å². The van der Waals surface area contributed by atoms with Gasteiger partial charge in [-0.1, -0.05) is 11.6 Å². The first-order valence-corrected chi connectivity index (χ1v) is 9.13. The molecule has 1 fully saturated rings. The molecule has 1 N–H and O–H groups in total. The highest BCUT2D eigenvalue weighted by Crippen LogP contribution is 2.18. The molecule has 1 aromatic rings. The summed E-state index contributed by atoms with van der Waals surface area (Å²) in [6, 6.07) is -0.409. The molecule has 0 spiro atoms. The van der Waals surface area contributed by atoms with Gasteiger partial charge in [-0.15, -0.1) is 0 Å². The lowest BCUT2D eigenvalue weighted by atomic mass is 10.1. The highest BCUT2D eigenvalue weighted by molar-refractivity contribution is 7.89. The van der Waals surface area contributed by atoms with Gasteiger partial charge in [-0.05, 0) is 27.2 Å². The lowest BCUT2D eigenvalue weighted by molar-refractivity contribution is -0.0419. The molecule has 0 bridgehead atoms. The Hall–Kier alpha value is -1.22. The molecule has 0 amide bonds. The number of ether oxygens (including phenoxy) is 2. The van der Waals surface area contributed by atoms with E-state index in [2.05, 4.69) is 9.82 Å². The van der Waals surface area contributed by atoms with Crippen LogP contribution < -0.4 is 4.72 Å². The van der Waals surface area contributed by atoms with Crippen LogP contribution in [0.3, 0.4) is 0 Å². The molecule has 1 saturated heterocycles. The highest BCUT2D eigenvalue weighted by atomic mass is 32.2. The van der Waals surface area contributed by atoms with Crippen molar-refractivity contribution in [1.29, 1.82) is 0 Å². The Labute approximate surface area is 137 Å². The quantitative estimate of drug-likeness (QED) is 0.784. The molecule has 0 saturated carbocycles. The van der Waals surface area contributed by atoms with Gasteiger partial charge in [0.05, 0.1) is 31.6 Å². The van der Waals surface area contributed by atoms with Crippen LogP contribution in [0.25, 0.3) is 0 Å². The summed E-state index contributed by atoms with van der Waals surface area (Å²) in [5.41, 5.74) is 1.78. The Morgan fingerprint density at radius 2 is 2.30 bits per heavy atom. The SMILES string of the molecule is CC(C)=CCO[C@H]1CCOC[C@H]1NS(=O)(=O)c1c(C)cnn1C. The van der Waals surface area contributed by atoms with Crippen LogP contribution in [0.2, 0.25) is 0 Å². The van der Waals surface area contributed by atoms with E-state index >= 15 is 0 Å². The number of allylic oxidation sites excluding steroid dienone is 1. The minimum Gasteiger partial charge on any atom is -0.380 e. The van der Waals surface area contributed by atoms with Gasteiger partial charge in [-0.25, -0.2) is 13.1 Å². The Bertz CT molecular complexity index is 643. The van der Waals surface area contributed by atoms with E-state index in [-0.39, 0.29) is 11.1 Å². The summed E-state index contributed by atoms with van der Waals surface area (Å²) in [5, 5.41) is 4.16. The number of nitrogens with one attached hydrogen (secondary N) is 1. The number of hydrogen-bond donors (Lipinski definition) is 1. The number of sulfonamides is 1. The van der Waals surface area contributed by atoms with E-state index in [4.69, 9.17) is 9.47 Å². The molecule has 130 valence electrons. The largest absolute Gasteiger partial charge is 0.380 e. The van der Waals surface area contributed by atoms with Crippen LogP contribution in [0, 0.1) is 6.92 Å². The van der Waals surface area contributed by atoms with E-state index in [1.54, 1.807) is 14.0 Å². The van der Waals surface area contributed by atoms with Crippen molar-refractivity contribution >= 4 is 10.0 Å². The predicted molar refractivity (Wildman–Crippen MR) is 86.7 cm³/mol. The Morgan fingerprint density at radius 3 is 2.91 bits per heavy atom. The van der Waals surface area contributed by atoms with Gasteiger partial charge in [0.25, 0.3) is 10.0 Å². The zero-order chi connectivity index (χ0) is 17.0. The molecule has 23 heavy (non-hydrogen) atoms. The van der Waals surface area contributed by atoms with Crippen molar-refractivity contribution in [1.82, 2.24) is 14.5 Å². The summed E-state index contributed by atoms with van der Waals surface area (Å²) >= 11 is 0. The first-order valence-electron chi connectivity index (χ1n) is 7.65. The summed E-state index contributed by atoms with van der Waals surface area (Å²) < 4.78 is 40.6. The molecule has 0 radical (unpaired) electrons. The standard InChI is InChI=1S/C15H25N3O4S/c1-11(2)5-8-22-14-6-7-21-10-13(14)17-23(19,20)15-12(3)9-16-18(15)4/h5,9,13-14,17H,6-8,10H2,1-4H3/t13-,14+/m1/s1. The van der Waals surface area contributed by atoms with Crippen molar-refractivity contribution in [2.45, 2.75) is 44.4 Å². The minimum atomic E-state index is -3.68. The van der Waals surface area contributed by atoms with Gasteiger partial charge in [-0.2, -0.15) is 5.10 Å². The van der Waals surface area contributed by atoms with E-state index in [0.717, 1.165) is 0 Å². The summed E-state index contributed by atoms with van der Waals surface area (Å²) in [6.45, 7) is 7.06. The third kappa shape index (κ3) is 4.63. The zero-order valence-electron chi connectivity index (χ0n) is 14.1. The van der Waals surface area contributed by atoms with Crippen LogP contribution in [0.4, 0.5) is 0 Å². The Kier molecular flexibility index (Phi) is 5.96. The first kappa shape index (κ1) is 18.1. The second kappa shape index (κ2) is 7.57. The zero-order valence-corrected chi connectivity index (χ0v) is 14.9. The molecule has 7 nitrogen and oxygen atoms in total. The lowest BCUT2D eigenvalue weighted by Crippen LogP contribution is -2.50. The maximum atomic E-state index is 12.6. The number of nitrogens with zero attached hydrogens (tertiary/aromatic N) is 2. The van der Waals surface area contributed by atoms with E-state index < -0.39 is 16.1 Å². The summed E-state index contributed by atoms with van der Waals surface area (Å²) in [6.07, 6.45) is 3.97. The van der Waals surface area contributed by atoms with Crippen LogP contribution in [0.5, 0.6) is 0 Å². The summed E-state index contributed by atoms with van der Waals surface area (Å²) in [7, 11) is -2.06. The fourth-order valence-corrected chi connectivity index (χ4v) is 4.14. The molecule has 0 aromatic carbocycles. The fraction of sp³-hybridized carbons (Fsp3) is 0.667. The van der Waals surface area contributed by atoms with Crippen LogP contribution in [-0.4, -0.2) is 50.2 Å². The number of hydrogen-bond acceptors (Lipinski definition) is 5. The first-order chi connectivity index (χ1) is 10.8.